The highest BCUT2D eigenvalue weighted by atomic mass is 19.1. The molecule has 0 saturated carbocycles. The van der Waals surface area contributed by atoms with E-state index < -0.39 is 35.6 Å². The van der Waals surface area contributed by atoms with Gasteiger partial charge in [0.1, 0.15) is 11.9 Å². The fourth-order valence-corrected chi connectivity index (χ4v) is 1.83. The molecule has 0 unspecified atom stereocenters. The molecule has 2 atom stereocenters. The largest absolute Gasteiger partial charge is 0.480 e. The van der Waals surface area contributed by atoms with Gasteiger partial charge in [-0.3, -0.25) is 9.59 Å². The van der Waals surface area contributed by atoms with Crippen LogP contribution in [0.25, 0.3) is 0 Å². The number of rotatable bonds is 7. The van der Waals surface area contributed by atoms with E-state index in [1.165, 1.54) is 25.1 Å². The maximum Gasteiger partial charge on any atom is 0.326 e. The first-order valence-electron chi connectivity index (χ1n) is 6.81. The predicted molar refractivity (Wildman–Crippen MR) is 75.7 cm³/mol. The molecule has 0 saturated heterocycles. The number of carboxylic acid groups (broad SMARTS) is 1. The zero-order chi connectivity index (χ0) is 16.7. The van der Waals surface area contributed by atoms with Crippen LogP contribution in [-0.4, -0.2) is 35.6 Å². The third-order valence-corrected chi connectivity index (χ3v) is 2.97. The molecule has 120 valence electrons. The van der Waals surface area contributed by atoms with Crippen LogP contribution in [0.15, 0.2) is 24.3 Å². The fraction of sp³-hybridized carbons (Fsp3) is 0.400. The van der Waals surface area contributed by atoms with Gasteiger partial charge in [-0.05, 0) is 31.5 Å². The molecule has 0 fully saturated rings. The molecule has 0 aliphatic rings. The van der Waals surface area contributed by atoms with Crippen LogP contribution >= 0.6 is 0 Å². The van der Waals surface area contributed by atoms with Crippen molar-refractivity contribution in [2.24, 2.45) is 5.92 Å². The molecule has 0 heterocycles. The summed E-state index contributed by atoms with van der Waals surface area (Å²) in [7, 11) is 0. The second-order valence-corrected chi connectivity index (χ2v) is 4.76. The summed E-state index contributed by atoms with van der Waals surface area (Å²) in [5.74, 6) is -3.81. The summed E-state index contributed by atoms with van der Waals surface area (Å²) >= 11 is 0. The van der Waals surface area contributed by atoms with Crippen LogP contribution in [0.2, 0.25) is 0 Å². The van der Waals surface area contributed by atoms with E-state index in [2.05, 4.69) is 5.32 Å². The van der Waals surface area contributed by atoms with E-state index in [0.29, 0.717) is 0 Å². The number of esters is 1. The van der Waals surface area contributed by atoms with E-state index in [0.717, 1.165) is 6.07 Å². The Bertz CT molecular complexity index is 561. The SMILES string of the molecule is CCOC(=O)[C@H](C)C[C@@H](NC(=O)c1cccc(F)c1)C(=O)O. The molecule has 2 N–H and O–H groups in total. The van der Waals surface area contributed by atoms with Crippen molar-refractivity contribution >= 4 is 17.8 Å². The Morgan fingerprint density at radius 1 is 1.36 bits per heavy atom. The van der Waals surface area contributed by atoms with Gasteiger partial charge in [0.2, 0.25) is 0 Å². The highest BCUT2D eigenvalue weighted by molar-refractivity contribution is 5.96. The molecule has 1 aromatic carbocycles. The zero-order valence-corrected chi connectivity index (χ0v) is 12.3. The van der Waals surface area contributed by atoms with Gasteiger partial charge in [-0.2, -0.15) is 0 Å². The Morgan fingerprint density at radius 2 is 2.05 bits per heavy atom. The van der Waals surface area contributed by atoms with Crippen molar-refractivity contribution in [3.8, 4) is 0 Å². The number of hydrogen-bond donors (Lipinski definition) is 2. The molecule has 1 rings (SSSR count). The number of nitrogens with one attached hydrogen (secondary N) is 1. The third kappa shape index (κ3) is 5.16. The number of carboxylic acids is 1. The van der Waals surface area contributed by atoms with Crippen LogP contribution in [0.5, 0.6) is 0 Å². The van der Waals surface area contributed by atoms with Gasteiger partial charge in [0, 0.05) is 5.56 Å². The maximum atomic E-state index is 13.1. The number of carbonyl (C=O) groups excluding carboxylic acids is 2. The molecule has 0 aromatic heterocycles. The minimum Gasteiger partial charge on any atom is -0.480 e. The molecule has 1 aromatic rings. The van der Waals surface area contributed by atoms with Crippen LogP contribution in [0.1, 0.15) is 30.6 Å². The van der Waals surface area contributed by atoms with Crippen molar-refractivity contribution in [1.29, 1.82) is 0 Å². The Hall–Kier alpha value is -2.44. The summed E-state index contributed by atoms with van der Waals surface area (Å²) in [5.41, 5.74) is 0.00929. The molecule has 0 bridgehead atoms. The highest BCUT2D eigenvalue weighted by Gasteiger charge is 2.26. The lowest BCUT2D eigenvalue weighted by Gasteiger charge is -2.18. The van der Waals surface area contributed by atoms with Gasteiger partial charge in [0.15, 0.2) is 0 Å². The number of aliphatic carboxylic acids is 1. The van der Waals surface area contributed by atoms with Crippen LogP contribution in [-0.2, 0) is 14.3 Å². The molecular formula is C15H18FNO5. The predicted octanol–water partition coefficient (Wildman–Crippen LogP) is 1.60. The number of hydrogen-bond acceptors (Lipinski definition) is 4. The minimum absolute atomic E-state index is 0.00929. The zero-order valence-electron chi connectivity index (χ0n) is 12.3. The lowest BCUT2D eigenvalue weighted by atomic mass is 10.0. The van der Waals surface area contributed by atoms with Crippen LogP contribution in [0.4, 0.5) is 4.39 Å². The normalized spacial score (nSPS) is 13.0. The number of amides is 1. The van der Waals surface area contributed by atoms with Crippen molar-refractivity contribution in [2.45, 2.75) is 26.3 Å². The topological polar surface area (TPSA) is 92.7 Å². The van der Waals surface area contributed by atoms with E-state index in [1.807, 2.05) is 0 Å². The van der Waals surface area contributed by atoms with Gasteiger partial charge in [-0.15, -0.1) is 0 Å². The monoisotopic (exact) mass is 311 g/mol. The summed E-state index contributed by atoms with van der Waals surface area (Å²) < 4.78 is 17.9. The average Bonchev–Trinajstić information content (AvgIpc) is 2.46. The second-order valence-electron chi connectivity index (χ2n) is 4.76. The molecule has 6 nitrogen and oxygen atoms in total. The van der Waals surface area contributed by atoms with Gasteiger partial charge in [0.05, 0.1) is 12.5 Å². The van der Waals surface area contributed by atoms with E-state index in [4.69, 9.17) is 9.84 Å². The first kappa shape index (κ1) is 17.6. The number of benzene rings is 1. The quantitative estimate of drug-likeness (QED) is 0.746. The Balaban J connectivity index is 2.74. The van der Waals surface area contributed by atoms with Crippen molar-refractivity contribution in [3.05, 3.63) is 35.6 Å². The van der Waals surface area contributed by atoms with Gasteiger partial charge in [-0.25, -0.2) is 9.18 Å². The molecule has 0 aliphatic carbocycles. The summed E-state index contributed by atoms with van der Waals surface area (Å²) in [5, 5.41) is 11.4. The Morgan fingerprint density at radius 3 is 2.59 bits per heavy atom. The molecular weight excluding hydrogens is 293 g/mol. The van der Waals surface area contributed by atoms with Crippen LogP contribution < -0.4 is 5.32 Å². The summed E-state index contributed by atoms with van der Waals surface area (Å²) in [6.45, 7) is 3.35. The number of carbonyl (C=O) groups is 3. The first-order chi connectivity index (χ1) is 10.3. The van der Waals surface area contributed by atoms with Gasteiger partial charge >= 0.3 is 11.9 Å². The van der Waals surface area contributed by atoms with E-state index in [1.54, 1.807) is 6.92 Å². The lowest BCUT2D eigenvalue weighted by Crippen LogP contribution is -2.42. The molecule has 0 aliphatic heterocycles. The highest BCUT2D eigenvalue weighted by Crippen LogP contribution is 2.10. The van der Waals surface area contributed by atoms with Crippen molar-refractivity contribution in [1.82, 2.24) is 5.32 Å². The summed E-state index contributed by atoms with van der Waals surface area (Å²) in [4.78, 5) is 34.7. The Kier molecular flexibility index (Phi) is 6.49. The van der Waals surface area contributed by atoms with Crippen LogP contribution in [0.3, 0.4) is 0 Å². The first-order valence-corrected chi connectivity index (χ1v) is 6.81. The van der Waals surface area contributed by atoms with Crippen molar-refractivity contribution < 1.29 is 28.6 Å². The van der Waals surface area contributed by atoms with E-state index in [-0.39, 0.29) is 18.6 Å². The van der Waals surface area contributed by atoms with Gasteiger partial charge < -0.3 is 15.2 Å². The van der Waals surface area contributed by atoms with E-state index >= 15 is 0 Å². The minimum atomic E-state index is -1.28. The van der Waals surface area contributed by atoms with Gasteiger partial charge in [-0.1, -0.05) is 13.0 Å². The molecule has 0 spiro atoms. The van der Waals surface area contributed by atoms with Gasteiger partial charge in [0.25, 0.3) is 5.91 Å². The molecule has 22 heavy (non-hydrogen) atoms. The lowest BCUT2D eigenvalue weighted by molar-refractivity contribution is -0.148. The summed E-state index contributed by atoms with van der Waals surface area (Å²) in [6.07, 6.45) is -0.116. The van der Waals surface area contributed by atoms with E-state index in [9.17, 15) is 18.8 Å². The van der Waals surface area contributed by atoms with Crippen molar-refractivity contribution in [2.75, 3.05) is 6.61 Å². The second kappa shape index (κ2) is 8.11. The third-order valence-electron chi connectivity index (χ3n) is 2.97. The van der Waals surface area contributed by atoms with Crippen molar-refractivity contribution in [3.63, 3.8) is 0 Å². The number of halogens is 1. The fourth-order valence-electron chi connectivity index (χ4n) is 1.83. The number of ether oxygens (including phenoxy) is 1. The summed E-state index contributed by atoms with van der Waals surface area (Å²) in [6, 6.07) is 3.63. The smallest absolute Gasteiger partial charge is 0.326 e. The molecule has 0 radical (unpaired) electrons. The Labute approximate surface area is 127 Å². The maximum absolute atomic E-state index is 13.1. The van der Waals surface area contributed by atoms with Crippen LogP contribution in [0, 0.1) is 11.7 Å². The molecule has 1 amide bonds. The molecule has 7 heteroatoms. The average molecular weight is 311 g/mol. The standard InChI is InChI=1S/C15H18FNO5/c1-3-22-15(21)9(2)7-12(14(19)20)17-13(18)10-5-4-6-11(16)8-10/h4-6,8-9,12H,3,7H2,1-2H3,(H,17,18)(H,19,20)/t9-,12-/m1/s1.